The predicted molar refractivity (Wildman–Crippen MR) is 98.5 cm³/mol. The maximum Gasteiger partial charge on any atom is -0.0240 e. The molecule has 0 aliphatic carbocycles. The van der Waals surface area contributed by atoms with Gasteiger partial charge in [-0.3, -0.25) is 0 Å². The van der Waals surface area contributed by atoms with E-state index in [1.165, 1.54) is 89.6 Å². The highest BCUT2D eigenvalue weighted by Crippen LogP contribution is 2.40. The summed E-state index contributed by atoms with van der Waals surface area (Å²) in [5.74, 6) is 0. The van der Waals surface area contributed by atoms with E-state index in [1.807, 2.05) is 0 Å². The zero-order chi connectivity index (χ0) is 15.1. The molecule has 0 bridgehead atoms. The Bertz CT molecular complexity index is 179. The van der Waals surface area contributed by atoms with Crippen LogP contribution in [0.4, 0.5) is 0 Å². The lowest BCUT2D eigenvalue weighted by Crippen LogP contribution is -2.02. The lowest BCUT2D eigenvalue weighted by molar-refractivity contribution is 0.548. The number of unbranched alkanes of at least 4 members (excludes halogenated alkanes) is 10. The van der Waals surface area contributed by atoms with Gasteiger partial charge >= 0.3 is 0 Å². The van der Waals surface area contributed by atoms with E-state index in [4.69, 9.17) is 0 Å². The lowest BCUT2D eigenvalue weighted by atomic mass is 10.1. The lowest BCUT2D eigenvalue weighted by Gasteiger charge is -2.20. The van der Waals surface area contributed by atoms with Crippen molar-refractivity contribution in [2.24, 2.45) is 0 Å². The van der Waals surface area contributed by atoms with E-state index in [2.05, 4.69) is 27.4 Å². The van der Waals surface area contributed by atoms with Gasteiger partial charge in [0.15, 0.2) is 0 Å². The van der Waals surface area contributed by atoms with Gasteiger partial charge in [-0.25, -0.2) is 0 Å². The normalized spacial score (nSPS) is 14.4. The molecule has 0 aliphatic rings. The number of hydrogen-bond donors (Lipinski definition) is 0. The highest BCUT2D eigenvalue weighted by atomic mass is 31.1. The molecule has 1 heteroatoms. The summed E-state index contributed by atoms with van der Waals surface area (Å²) >= 11 is 0. The fourth-order valence-corrected chi connectivity index (χ4v) is 4.65. The summed E-state index contributed by atoms with van der Waals surface area (Å²) in [6.07, 6.45) is 20.5. The van der Waals surface area contributed by atoms with Gasteiger partial charge in [0, 0.05) is 0 Å². The van der Waals surface area contributed by atoms with E-state index in [0.29, 0.717) is 7.92 Å². The van der Waals surface area contributed by atoms with Crippen molar-refractivity contribution in [1.82, 2.24) is 0 Å². The van der Waals surface area contributed by atoms with E-state index in [9.17, 15) is 0 Å². The van der Waals surface area contributed by atoms with Crippen LogP contribution in [0, 0.1) is 0 Å². The fraction of sp³-hybridized carbons (Fsp3) is 1.00. The second kappa shape index (κ2) is 15.8. The van der Waals surface area contributed by atoms with Gasteiger partial charge < -0.3 is 0 Å². The molecule has 2 atom stereocenters. The quantitative estimate of drug-likeness (QED) is 0.216. The van der Waals surface area contributed by atoms with Gasteiger partial charge in [-0.2, -0.15) is 0 Å². The molecule has 20 heavy (non-hydrogen) atoms. The molecular weight excluding hydrogens is 259 g/mol. The molecule has 0 nitrogen and oxygen atoms in total. The van der Waals surface area contributed by atoms with E-state index in [1.54, 1.807) is 0 Å². The first kappa shape index (κ1) is 20.4. The smallest absolute Gasteiger partial charge is 0.0240 e. The predicted octanol–water partition coefficient (Wildman–Crippen LogP) is 7.60. The standard InChI is InChI=1S/C19H41P/c1-5-7-9-10-11-12-13-14-15-16-17-19(3)20(4)18-8-6-2/h19H,5-18H2,1-4H3. The first-order valence-electron chi connectivity index (χ1n) is 9.42. The summed E-state index contributed by atoms with van der Waals surface area (Å²) in [6, 6.07) is 0. The molecule has 0 aliphatic heterocycles. The van der Waals surface area contributed by atoms with Gasteiger partial charge in [-0.1, -0.05) is 91.4 Å². The number of rotatable bonds is 15. The molecule has 0 saturated heterocycles. The topological polar surface area (TPSA) is 0 Å². The van der Waals surface area contributed by atoms with Crippen LogP contribution in [-0.2, 0) is 0 Å². The molecular formula is C19H41P. The first-order chi connectivity index (χ1) is 9.72. The minimum Gasteiger partial charge on any atom is -0.107 e. The van der Waals surface area contributed by atoms with Crippen molar-refractivity contribution in [1.29, 1.82) is 0 Å². The molecule has 0 aromatic heterocycles. The molecule has 0 spiro atoms. The summed E-state index contributed by atoms with van der Waals surface area (Å²) < 4.78 is 0. The van der Waals surface area contributed by atoms with E-state index >= 15 is 0 Å². The van der Waals surface area contributed by atoms with Crippen molar-refractivity contribution in [3.05, 3.63) is 0 Å². The first-order valence-corrected chi connectivity index (χ1v) is 11.5. The molecule has 2 unspecified atom stereocenters. The van der Waals surface area contributed by atoms with Gasteiger partial charge in [0.05, 0.1) is 0 Å². The van der Waals surface area contributed by atoms with Crippen LogP contribution in [0.3, 0.4) is 0 Å². The van der Waals surface area contributed by atoms with Crippen LogP contribution in [0.1, 0.15) is 104 Å². The van der Waals surface area contributed by atoms with Crippen molar-refractivity contribution in [3.63, 3.8) is 0 Å². The van der Waals surface area contributed by atoms with Crippen molar-refractivity contribution in [2.45, 2.75) is 110 Å². The molecule has 122 valence electrons. The zero-order valence-corrected chi connectivity index (χ0v) is 15.8. The van der Waals surface area contributed by atoms with Gasteiger partial charge in [0.1, 0.15) is 0 Å². The second-order valence-electron chi connectivity index (χ2n) is 6.65. The average Bonchev–Trinajstić information content (AvgIpc) is 2.46. The van der Waals surface area contributed by atoms with Crippen LogP contribution >= 0.6 is 7.92 Å². The van der Waals surface area contributed by atoms with Crippen LogP contribution < -0.4 is 0 Å². The summed E-state index contributed by atoms with van der Waals surface area (Å²) in [5, 5.41) is 0. The Balaban J connectivity index is 3.22. The molecule has 0 heterocycles. The van der Waals surface area contributed by atoms with Crippen LogP contribution in [0.2, 0.25) is 0 Å². The summed E-state index contributed by atoms with van der Waals surface area (Å²) in [5.41, 5.74) is 1.01. The van der Waals surface area contributed by atoms with Crippen molar-refractivity contribution < 1.29 is 0 Å². The number of hydrogen-bond acceptors (Lipinski definition) is 0. The SMILES string of the molecule is CCCCCCCCCCCCC(C)P(C)CCCC. The Morgan fingerprint density at radius 2 is 1.10 bits per heavy atom. The van der Waals surface area contributed by atoms with Crippen LogP contribution in [-0.4, -0.2) is 18.5 Å². The molecule has 0 aromatic rings. The monoisotopic (exact) mass is 300 g/mol. The minimum absolute atomic E-state index is 0.316. The Morgan fingerprint density at radius 3 is 1.60 bits per heavy atom. The molecule has 0 rings (SSSR count). The second-order valence-corrected chi connectivity index (χ2v) is 9.50. The molecule has 0 aromatic carbocycles. The summed E-state index contributed by atoms with van der Waals surface area (Å²) in [6.45, 7) is 9.63. The molecule has 0 amide bonds. The van der Waals surface area contributed by atoms with Crippen LogP contribution in [0.15, 0.2) is 0 Å². The van der Waals surface area contributed by atoms with Crippen molar-refractivity contribution >= 4 is 7.92 Å². The summed E-state index contributed by atoms with van der Waals surface area (Å²) in [4.78, 5) is 0. The third-order valence-electron chi connectivity index (χ3n) is 4.59. The molecule has 0 fully saturated rings. The van der Waals surface area contributed by atoms with Crippen molar-refractivity contribution in [2.75, 3.05) is 12.8 Å². The van der Waals surface area contributed by atoms with Gasteiger partial charge in [0.2, 0.25) is 0 Å². The maximum atomic E-state index is 2.52. The maximum absolute atomic E-state index is 2.52. The highest BCUT2D eigenvalue weighted by molar-refractivity contribution is 7.57. The highest BCUT2D eigenvalue weighted by Gasteiger charge is 2.10. The van der Waals surface area contributed by atoms with Crippen LogP contribution in [0.5, 0.6) is 0 Å². The van der Waals surface area contributed by atoms with Gasteiger partial charge in [0.25, 0.3) is 0 Å². The molecule has 0 N–H and O–H groups in total. The van der Waals surface area contributed by atoms with Crippen molar-refractivity contribution in [3.8, 4) is 0 Å². The minimum atomic E-state index is 0.316. The molecule has 0 radical (unpaired) electrons. The molecule has 0 saturated carbocycles. The zero-order valence-electron chi connectivity index (χ0n) is 14.9. The van der Waals surface area contributed by atoms with Gasteiger partial charge in [-0.05, 0) is 31.3 Å². The van der Waals surface area contributed by atoms with Crippen LogP contribution in [0.25, 0.3) is 0 Å². The third-order valence-corrected chi connectivity index (χ3v) is 7.38. The van der Waals surface area contributed by atoms with E-state index in [0.717, 1.165) is 5.66 Å². The largest absolute Gasteiger partial charge is 0.107 e. The Labute approximate surface area is 131 Å². The Hall–Kier alpha value is 0.430. The van der Waals surface area contributed by atoms with E-state index < -0.39 is 0 Å². The third kappa shape index (κ3) is 13.4. The Morgan fingerprint density at radius 1 is 0.650 bits per heavy atom. The van der Waals surface area contributed by atoms with Gasteiger partial charge in [-0.15, -0.1) is 7.92 Å². The van der Waals surface area contributed by atoms with E-state index in [-0.39, 0.29) is 0 Å². The fourth-order valence-electron chi connectivity index (χ4n) is 2.78. The summed E-state index contributed by atoms with van der Waals surface area (Å²) in [7, 11) is 0.316. The average molecular weight is 301 g/mol. The Kier molecular flexibility index (Phi) is 16.2.